The Labute approximate surface area is 542 Å². The van der Waals surface area contributed by atoms with E-state index in [0.717, 1.165) is 128 Å². The lowest BCUT2D eigenvalue weighted by atomic mass is 9.99. The van der Waals surface area contributed by atoms with Crippen molar-refractivity contribution in [2.75, 3.05) is 39.6 Å². The lowest BCUT2D eigenvalue weighted by Gasteiger charge is -2.21. The van der Waals surface area contributed by atoms with Crippen molar-refractivity contribution in [3.63, 3.8) is 0 Å². The van der Waals surface area contributed by atoms with E-state index < -0.39 is 97.5 Å². The third kappa shape index (κ3) is 62.7. The minimum atomic E-state index is -4.96. The Hall–Kier alpha value is -2.46. The number of aliphatic hydroxyl groups is 1. The van der Waals surface area contributed by atoms with Crippen molar-refractivity contribution >= 4 is 39.5 Å². The van der Waals surface area contributed by atoms with Crippen molar-refractivity contribution < 1.29 is 80.2 Å². The fourth-order valence-electron chi connectivity index (χ4n) is 10.0. The quantitative estimate of drug-likeness (QED) is 0.0169. The molecule has 0 rings (SSSR count). The van der Waals surface area contributed by atoms with E-state index in [0.29, 0.717) is 31.6 Å². The molecule has 0 saturated carbocycles. The summed E-state index contributed by atoms with van der Waals surface area (Å²) in [4.78, 5) is 72.3. The number of allylic oxidation sites excluding steroid dienone is 4. The number of ether oxygens (including phenoxy) is 4. The smallest absolute Gasteiger partial charge is 0.462 e. The molecule has 0 bridgehead atoms. The molecule has 0 radical (unpaired) electrons. The second-order valence-corrected chi connectivity index (χ2v) is 28.2. The van der Waals surface area contributed by atoms with Crippen LogP contribution >= 0.6 is 15.6 Å². The maximum atomic E-state index is 13.0. The van der Waals surface area contributed by atoms with E-state index in [2.05, 4.69) is 65.8 Å². The molecule has 3 unspecified atom stereocenters. The topological polar surface area (TPSA) is 237 Å². The molecule has 0 fully saturated rings. The van der Waals surface area contributed by atoms with Crippen molar-refractivity contribution in [1.82, 2.24) is 0 Å². The number of carbonyl (C=O) groups is 4. The Morgan fingerprint density at radius 3 is 1.01 bits per heavy atom. The molecule has 0 spiro atoms. The summed E-state index contributed by atoms with van der Waals surface area (Å²) in [5.74, 6) is -0.652. The zero-order valence-electron chi connectivity index (χ0n) is 57.2. The highest BCUT2D eigenvalue weighted by Gasteiger charge is 2.30. The third-order valence-corrected chi connectivity index (χ3v) is 17.8. The highest BCUT2D eigenvalue weighted by molar-refractivity contribution is 7.47. The van der Waals surface area contributed by atoms with Gasteiger partial charge in [-0.3, -0.25) is 37.3 Å². The highest BCUT2D eigenvalue weighted by atomic mass is 31.2. The van der Waals surface area contributed by atoms with E-state index in [-0.39, 0.29) is 25.7 Å². The lowest BCUT2D eigenvalue weighted by Crippen LogP contribution is -2.30. The van der Waals surface area contributed by atoms with E-state index in [1.54, 1.807) is 0 Å². The molecule has 89 heavy (non-hydrogen) atoms. The van der Waals surface area contributed by atoms with E-state index in [4.69, 9.17) is 37.0 Å². The van der Waals surface area contributed by atoms with Crippen molar-refractivity contribution in [2.24, 2.45) is 11.8 Å². The van der Waals surface area contributed by atoms with Gasteiger partial charge in [-0.15, -0.1) is 0 Å². The largest absolute Gasteiger partial charge is 0.472 e. The second-order valence-electron chi connectivity index (χ2n) is 25.3. The number of hydrogen-bond acceptors (Lipinski definition) is 15. The fourth-order valence-corrected chi connectivity index (χ4v) is 11.6. The number of aliphatic hydroxyl groups excluding tert-OH is 1. The number of phosphoric acid groups is 2. The summed E-state index contributed by atoms with van der Waals surface area (Å²) >= 11 is 0. The maximum absolute atomic E-state index is 13.0. The maximum Gasteiger partial charge on any atom is 0.472 e. The summed E-state index contributed by atoms with van der Waals surface area (Å²) in [6.45, 7) is 9.39. The van der Waals surface area contributed by atoms with Gasteiger partial charge in [-0.25, -0.2) is 9.13 Å². The van der Waals surface area contributed by atoms with Crippen molar-refractivity contribution in [2.45, 2.75) is 349 Å². The van der Waals surface area contributed by atoms with E-state index in [1.165, 1.54) is 116 Å². The van der Waals surface area contributed by atoms with Crippen molar-refractivity contribution in [3.05, 3.63) is 24.3 Å². The lowest BCUT2D eigenvalue weighted by molar-refractivity contribution is -0.161. The number of rotatable bonds is 67. The SMILES string of the molecule is CCCCCC/C=C\C=C/CCCCCCCC(=O)OC[C@H](COP(=O)(O)OC[C@@H](O)COP(=O)(O)OC[C@@H](COC(=O)CCCCCCCCC)OC(=O)CCCCCCCCC(C)C)OC(=O)CCCCCCCCCCCCCCCCC(C)CC. The Balaban J connectivity index is 5.23. The minimum absolute atomic E-state index is 0.0993. The Morgan fingerprint density at radius 1 is 0.371 bits per heavy atom. The molecular formula is C70H132O17P2. The molecule has 0 heterocycles. The fraction of sp³-hybridized carbons (Fsp3) is 0.886. The summed E-state index contributed by atoms with van der Waals surface area (Å²) in [6.07, 6.45) is 49.7. The Morgan fingerprint density at radius 2 is 0.663 bits per heavy atom. The van der Waals surface area contributed by atoms with Crippen LogP contribution < -0.4 is 0 Å². The van der Waals surface area contributed by atoms with Gasteiger partial charge < -0.3 is 33.8 Å². The molecule has 0 aliphatic heterocycles. The molecule has 17 nitrogen and oxygen atoms in total. The molecule has 0 amide bonds. The van der Waals surface area contributed by atoms with Crippen LogP contribution in [0.25, 0.3) is 0 Å². The molecule has 0 aliphatic carbocycles. The van der Waals surface area contributed by atoms with E-state index >= 15 is 0 Å². The summed E-state index contributed by atoms with van der Waals surface area (Å²) in [5.41, 5.74) is 0. The first-order chi connectivity index (χ1) is 42.9. The monoisotopic (exact) mass is 1310 g/mol. The average Bonchev–Trinajstić information content (AvgIpc) is 3.57. The van der Waals surface area contributed by atoms with Crippen LogP contribution in [0.15, 0.2) is 24.3 Å². The highest BCUT2D eigenvalue weighted by Crippen LogP contribution is 2.45. The van der Waals surface area contributed by atoms with Gasteiger partial charge in [0.2, 0.25) is 0 Å². The van der Waals surface area contributed by atoms with Crippen LogP contribution in [0.4, 0.5) is 0 Å². The first kappa shape index (κ1) is 86.5. The van der Waals surface area contributed by atoms with Gasteiger partial charge in [-0.2, -0.15) is 0 Å². The van der Waals surface area contributed by atoms with Crippen LogP contribution in [0.1, 0.15) is 330 Å². The third-order valence-electron chi connectivity index (χ3n) is 15.9. The van der Waals surface area contributed by atoms with Crippen molar-refractivity contribution in [1.29, 1.82) is 0 Å². The van der Waals surface area contributed by atoms with E-state index in [1.807, 2.05) is 0 Å². The van der Waals surface area contributed by atoms with Crippen molar-refractivity contribution in [3.8, 4) is 0 Å². The van der Waals surface area contributed by atoms with Gasteiger partial charge in [0.15, 0.2) is 12.2 Å². The molecule has 524 valence electrons. The number of carbonyl (C=O) groups excluding carboxylic acids is 4. The van der Waals surface area contributed by atoms with Gasteiger partial charge >= 0.3 is 39.5 Å². The molecule has 3 N–H and O–H groups in total. The predicted octanol–water partition coefficient (Wildman–Crippen LogP) is 19.5. The molecule has 0 saturated heterocycles. The molecular weight excluding hydrogens is 1170 g/mol. The molecule has 0 aromatic carbocycles. The summed E-state index contributed by atoms with van der Waals surface area (Å²) < 4.78 is 68.1. The zero-order valence-corrected chi connectivity index (χ0v) is 59.0. The van der Waals surface area contributed by atoms with Crippen LogP contribution in [0.5, 0.6) is 0 Å². The van der Waals surface area contributed by atoms with Crippen LogP contribution in [0.3, 0.4) is 0 Å². The van der Waals surface area contributed by atoms with Crippen LogP contribution in [-0.4, -0.2) is 96.7 Å². The van der Waals surface area contributed by atoms with Gasteiger partial charge in [-0.05, 0) is 63.2 Å². The van der Waals surface area contributed by atoms with Crippen LogP contribution in [-0.2, 0) is 65.4 Å². The molecule has 0 aromatic heterocycles. The van der Waals surface area contributed by atoms with Gasteiger partial charge in [0.1, 0.15) is 19.3 Å². The van der Waals surface area contributed by atoms with Gasteiger partial charge in [0, 0.05) is 25.7 Å². The van der Waals surface area contributed by atoms with Gasteiger partial charge in [0.05, 0.1) is 26.4 Å². The first-order valence-corrected chi connectivity index (χ1v) is 38.8. The van der Waals surface area contributed by atoms with Gasteiger partial charge in [-0.1, -0.05) is 278 Å². The average molecular weight is 1310 g/mol. The summed E-state index contributed by atoms with van der Waals surface area (Å²) in [7, 11) is -9.90. The molecule has 0 aromatic rings. The number of esters is 4. The number of hydrogen-bond donors (Lipinski definition) is 3. The first-order valence-electron chi connectivity index (χ1n) is 35.8. The van der Waals surface area contributed by atoms with Crippen LogP contribution in [0, 0.1) is 11.8 Å². The van der Waals surface area contributed by atoms with Gasteiger partial charge in [0.25, 0.3) is 0 Å². The second kappa shape index (κ2) is 61.7. The zero-order chi connectivity index (χ0) is 65.7. The Bertz CT molecular complexity index is 1830. The van der Waals surface area contributed by atoms with Crippen LogP contribution in [0.2, 0.25) is 0 Å². The Kier molecular flexibility index (Phi) is 60.0. The number of phosphoric ester groups is 2. The predicted molar refractivity (Wildman–Crippen MR) is 358 cm³/mol. The summed E-state index contributed by atoms with van der Waals surface area (Å²) in [5, 5.41) is 10.6. The molecule has 19 heteroatoms. The standard InChI is InChI=1S/C70H132O17P2/c1-7-10-12-14-16-17-18-19-20-24-27-30-34-41-47-53-68(73)81-59-65(86-69(74)54-48-42-35-31-28-25-22-21-23-26-29-33-39-45-51-63(6)9-3)60-84-88(76,77)82-56-64(71)57-83-89(78,79)85-61-66(58-80-67(72)52-46-40-32-15-13-11-8-2)87-70(75)55-49-43-37-36-38-44-50-62(4)5/h17-20,62-66,71H,7-16,21-61H2,1-6H3,(H,76,77)(H,78,79)/b18-17-,20-19-/t63?,64-,65-,66-/m1/s1. The number of unbranched alkanes of at least 4 members (excludes halogenated alkanes) is 33. The molecule has 0 aliphatic rings. The normalized spacial score (nSPS) is 14.6. The molecule has 6 atom stereocenters. The summed E-state index contributed by atoms with van der Waals surface area (Å²) in [6, 6.07) is 0. The minimum Gasteiger partial charge on any atom is -0.462 e. The van der Waals surface area contributed by atoms with E-state index in [9.17, 15) is 43.2 Å².